The molecule has 0 amide bonds. The SMILES string of the molecule is COC(=O)CCCC1(OC)C=CC(OC)O1. The third-order valence-corrected chi connectivity index (χ3v) is 2.53. The van der Waals surface area contributed by atoms with Gasteiger partial charge in [-0.25, -0.2) is 0 Å². The molecule has 0 saturated heterocycles. The molecular weight excluding hydrogens is 212 g/mol. The summed E-state index contributed by atoms with van der Waals surface area (Å²) in [7, 11) is 4.51. The van der Waals surface area contributed by atoms with Crippen molar-refractivity contribution < 1.29 is 23.7 Å². The average molecular weight is 230 g/mol. The molecule has 5 heteroatoms. The molecule has 0 spiro atoms. The normalized spacial score (nSPS) is 28.3. The van der Waals surface area contributed by atoms with E-state index in [0.29, 0.717) is 19.3 Å². The van der Waals surface area contributed by atoms with Gasteiger partial charge in [-0.1, -0.05) is 0 Å². The maximum Gasteiger partial charge on any atom is 0.305 e. The molecule has 92 valence electrons. The van der Waals surface area contributed by atoms with Crippen LogP contribution in [0.4, 0.5) is 0 Å². The molecule has 0 aromatic heterocycles. The minimum Gasteiger partial charge on any atom is -0.469 e. The van der Waals surface area contributed by atoms with E-state index in [9.17, 15) is 4.79 Å². The molecule has 0 aliphatic carbocycles. The zero-order valence-corrected chi connectivity index (χ0v) is 9.89. The van der Waals surface area contributed by atoms with Gasteiger partial charge < -0.3 is 18.9 Å². The number of ether oxygens (including phenoxy) is 4. The van der Waals surface area contributed by atoms with Crippen LogP contribution in [-0.4, -0.2) is 39.4 Å². The van der Waals surface area contributed by atoms with Crippen molar-refractivity contribution in [2.75, 3.05) is 21.3 Å². The molecule has 1 aliphatic rings. The largest absolute Gasteiger partial charge is 0.469 e. The van der Waals surface area contributed by atoms with Gasteiger partial charge in [-0.2, -0.15) is 0 Å². The zero-order valence-electron chi connectivity index (χ0n) is 9.89. The van der Waals surface area contributed by atoms with Gasteiger partial charge in [0, 0.05) is 27.1 Å². The first-order valence-corrected chi connectivity index (χ1v) is 5.18. The third-order valence-electron chi connectivity index (χ3n) is 2.53. The van der Waals surface area contributed by atoms with E-state index in [1.54, 1.807) is 20.3 Å². The highest BCUT2D eigenvalue weighted by Gasteiger charge is 2.35. The Labute approximate surface area is 95.3 Å². The summed E-state index contributed by atoms with van der Waals surface area (Å²) in [4.78, 5) is 11.0. The molecule has 2 atom stereocenters. The van der Waals surface area contributed by atoms with Crippen molar-refractivity contribution in [3.05, 3.63) is 12.2 Å². The van der Waals surface area contributed by atoms with Crippen molar-refractivity contribution in [3.8, 4) is 0 Å². The first-order chi connectivity index (χ1) is 7.65. The summed E-state index contributed by atoms with van der Waals surface area (Å²) >= 11 is 0. The molecule has 1 heterocycles. The lowest BCUT2D eigenvalue weighted by Gasteiger charge is -2.26. The van der Waals surface area contributed by atoms with Crippen molar-refractivity contribution in [2.45, 2.75) is 31.3 Å². The van der Waals surface area contributed by atoms with E-state index >= 15 is 0 Å². The lowest BCUT2D eigenvalue weighted by atomic mass is 10.1. The van der Waals surface area contributed by atoms with Gasteiger partial charge in [0.05, 0.1) is 7.11 Å². The molecule has 5 nitrogen and oxygen atoms in total. The van der Waals surface area contributed by atoms with Crippen molar-refractivity contribution >= 4 is 5.97 Å². The van der Waals surface area contributed by atoms with E-state index in [0.717, 1.165) is 0 Å². The third kappa shape index (κ3) is 3.30. The summed E-state index contributed by atoms with van der Waals surface area (Å²) in [5.41, 5.74) is 0. The second kappa shape index (κ2) is 5.98. The fourth-order valence-electron chi connectivity index (χ4n) is 1.57. The van der Waals surface area contributed by atoms with Gasteiger partial charge in [-0.05, 0) is 18.6 Å². The van der Waals surface area contributed by atoms with Crippen LogP contribution in [0, 0.1) is 0 Å². The summed E-state index contributed by atoms with van der Waals surface area (Å²) in [5.74, 6) is -0.995. The van der Waals surface area contributed by atoms with Crippen LogP contribution in [0.5, 0.6) is 0 Å². The number of hydrogen-bond acceptors (Lipinski definition) is 5. The Morgan fingerprint density at radius 2 is 2.19 bits per heavy atom. The first-order valence-electron chi connectivity index (χ1n) is 5.18. The number of methoxy groups -OCH3 is 3. The molecule has 0 saturated carbocycles. The van der Waals surface area contributed by atoms with Crippen LogP contribution in [0.25, 0.3) is 0 Å². The molecule has 16 heavy (non-hydrogen) atoms. The highest BCUT2D eigenvalue weighted by Crippen LogP contribution is 2.29. The Kier molecular flexibility index (Phi) is 4.92. The minimum absolute atomic E-state index is 0.225. The van der Waals surface area contributed by atoms with Crippen LogP contribution in [0.2, 0.25) is 0 Å². The standard InChI is InChI=1S/C11H18O5/c1-13-9(12)5-4-7-11(15-3)8-6-10(14-2)16-11/h6,8,10H,4-5,7H2,1-3H3. The molecule has 0 aromatic rings. The van der Waals surface area contributed by atoms with Gasteiger partial charge >= 0.3 is 5.97 Å². The Hall–Kier alpha value is -0.910. The Morgan fingerprint density at radius 3 is 2.69 bits per heavy atom. The summed E-state index contributed by atoms with van der Waals surface area (Å²) in [6.45, 7) is 0. The second-order valence-corrected chi connectivity index (χ2v) is 3.53. The minimum atomic E-state index is -0.769. The maximum absolute atomic E-state index is 11.0. The quantitative estimate of drug-likeness (QED) is 0.507. The Balaban J connectivity index is 2.38. The van der Waals surface area contributed by atoms with E-state index in [1.807, 2.05) is 6.08 Å². The molecule has 0 radical (unpaired) electrons. The Bertz CT molecular complexity index is 263. The fraction of sp³-hybridized carbons (Fsp3) is 0.727. The number of esters is 1. The van der Waals surface area contributed by atoms with E-state index in [-0.39, 0.29) is 12.3 Å². The zero-order chi connectivity index (χ0) is 12.0. The fourth-order valence-corrected chi connectivity index (χ4v) is 1.57. The molecule has 0 N–H and O–H groups in total. The van der Waals surface area contributed by atoms with Gasteiger partial charge in [0.2, 0.25) is 0 Å². The lowest BCUT2D eigenvalue weighted by molar-refractivity contribution is -0.245. The summed E-state index contributed by atoms with van der Waals surface area (Å²) in [5, 5.41) is 0. The predicted octanol–water partition coefficient (Wildman–Crippen LogP) is 1.23. The van der Waals surface area contributed by atoms with E-state index in [4.69, 9.17) is 14.2 Å². The monoisotopic (exact) mass is 230 g/mol. The van der Waals surface area contributed by atoms with Gasteiger partial charge in [0.1, 0.15) is 0 Å². The van der Waals surface area contributed by atoms with Crippen LogP contribution in [0.15, 0.2) is 12.2 Å². The van der Waals surface area contributed by atoms with Crippen molar-refractivity contribution in [2.24, 2.45) is 0 Å². The summed E-state index contributed by atoms with van der Waals surface area (Å²) in [6.07, 6.45) is 4.82. The van der Waals surface area contributed by atoms with Gasteiger partial charge in [0.15, 0.2) is 12.1 Å². The molecule has 1 rings (SSSR count). The van der Waals surface area contributed by atoms with Crippen LogP contribution in [0.1, 0.15) is 19.3 Å². The van der Waals surface area contributed by atoms with Crippen LogP contribution >= 0.6 is 0 Å². The highest BCUT2D eigenvalue weighted by molar-refractivity contribution is 5.69. The van der Waals surface area contributed by atoms with Crippen molar-refractivity contribution in [3.63, 3.8) is 0 Å². The van der Waals surface area contributed by atoms with Crippen LogP contribution in [0.3, 0.4) is 0 Å². The predicted molar refractivity (Wildman–Crippen MR) is 56.6 cm³/mol. The van der Waals surface area contributed by atoms with Gasteiger partial charge in [0.25, 0.3) is 0 Å². The molecule has 2 unspecified atom stereocenters. The molecule has 0 bridgehead atoms. The van der Waals surface area contributed by atoms with Crippen molar-refractivity contribution in [1.82, 2.24) is 0 Å². The van der Waals surface area contributed by atoms with E-state index < -0.39 is 5.79 Å². The van der Waals surface area contributed by atoms with Crippen molar-refractivity contribution in [1.29, 1.82) is 0 Å². The topological polar surface area (TPSA) is 54.0 Å². The van der Waals surface area contributed by atoms with E-state index in [1.165, 1.54) is 7.11 Å². The molecule has 0 aromatic carbocycles. The lowest BCUT2D eigenvalue weighted by Crippen LogP contribution is -2.32. The highest BCUT2D eigenvalue weighted by atomic mass is 16.8. The number of hydrogen-bond donors (Lipinski definition) is 0. The van der Waals surface area contributed by atoms with Crippen LogP contribution < -0.4 is 0 Å². The molecule has 0 fully saturated rings. The van der Waals surface area contributed by atoms with E-state index in [2.05, 4.69) is 4.74 Å². The molecule has 1 aliphatic heterocycles. The second-order valence-electron chi connectivity index (χ2n) is 3.53. The smallest absolute Gasteiger partial charge is 0.305 e. The molecular formula is C11H18O5. The number of carbonyl (C=O) groups is 1. The maximum atomic E-state index is 11.0. The summed E-state index contributed by atoms with van der Waals surface area (Å²) < 4.78 is 20.5. The first kappa shape index (κ1) is 13.2. The Morgan fingerprint density at radius 1 is 1.44 bits per heavy atom. The van der Waals surface area contributed by atoms with Gasteiger partial charge in [-0.3, -0.25) is 4.79 Å². The van der Waals surface area contributed by atoms with Gasteiger partial charge in [-0.15, -0.1) is 0 Å². The average Bonchev–Trinajstić information content (AvgIpc) is 2.73. The summed E-state index contributed by atoms with van der Waals surface area (Å²) in [6, 6.07) is 0. The van der Waals surface area contributed by atoms with Crippen LogP contribution in [-0.2, 0) is 23.7 Å². The number of rotatable bonds is 6. The number of carbonyl (C=O) groups excluding carboxylic acids is 1.